The predicted octanol–water partition coefficient (Wildman–Crippen LogP) is 2.06. The van der Waals surface area contributed by atoms with Gasteiger partial charge in [-0.25, -0.2) is 0 Å². The van der Waals surface area contributed by atoms with Crippen LogP contribution in [-0.2, 0) is 9.47 Å². The van der Waals surface area contributed by atoms with Crippen molar-refractivity contribution in [3.05, 3.63) is 12.3 Å². The van der Waals surface area contributed by atoms with Crippen LogP contribution < -0.4 is 0 Å². The highest BCUT2D eigenvalue weighted by molar-refractivity contribution is 4.82. The molecule has 1 N–H and O–H groups in total. The summed E-state index contributed by atoms with van der Waals surface area (Å²) in [5.74, 6) is 0. The zero-order valence-corrected chi connectivity index (χ0v) is 8.53. The number of aliphatic hydroxyl groups is 1. The molecule has 0 bridgehead atoms. The van der Waals surface area contributed by atoms with Crippen LogP contribution in [0.1, 0.15) is 32.6 Å². The summed E-state index contributed by atoms with van der Waals surface area (Å²) >= 11 is 0. The number of methoxy groups -OCH3 is 1. The van der Waals surface area contributed by atoms with Gasteiger partial charge in [-0.1, -0.05) is 26.2 Å². The van der Waals surface area contributed by atoms with Gasteiger partial charge in [-0.15, -0.1) is 0 Å². The Kier molecular flexibility index (Phi) is 9.15. The zero-order valence-electron chi connectivity index (χ0n) is 8.53. The van der Waals surface area contributed by atoms with Crippen molar-refractivity contribution in [3.8, 4) is 0 Å². The van der Waals surface area contributed by atoms with Gasteiger partial charge in [0.15, 0.2) is 6.79 Å². The van der Waals surface area contributed by atoms with Gasteiger partial charge < -0.3 is 14.6 Å². The van der Waals surface area contributed by atoms with E-state index in [9.17, 15) is 5.11 Å². The van der Waals surface area contributed by atoms with E-state index in [-0.39, 0.29) is 12.9 Å². The van der Waals surface area contributed by atoms with E-state index >= 15 is 0 Å². The Hall–Kier alpha value is -0.540. The van der Waals surface area contributed by atoms with Crippen LogP contribution in [0.3, 0.4) is 0 Å². The molecule has 3 nitrogen and oxygen atoms in total. The van der Waals surface area contributed by atoms with Gasteiger partial charge in [0.25, 0.3) is 0 Å². The van der Waals surface area contributed by atoms with E-state index in [0.717, 1.165) is 12.8 Å². The molecule has 78 valence electrons. The van der Waals surface area contributed by atoms with E-state index in [1.807, 2.05) is 0 Å². The summed E-state index contributed by atoms with van der Waals surface area (Å²) in [6, 6.07) is 0. The molecule has 0 saturated heterocycles. The third kappa shape index (κ3) is 9.37. The summed E-state index contributed by atoms with van der Waals surface area (Å²) < 4.78 is 9.56. The van der Waals surface area contributed by atoms with Gasteiger partial charge in [-0.2, -0.15) is 0 Å². The topological polar surface area (TPSA) is 38.7 Å². The van der Waals surface area contributed by atoms with Crippen molar-refractivity contribution in [3.63, 3.8) is 0 Å². The number of ether oxygens (including phenoxy) is 2. The molecule has 0 fully saturated rings. The standard InChI is InChI=1S/C10H20O3/c1-3-4-5-6-10(11)7-8-13-9-12-2/h7-8,10-11H,3-6,9H2,1-2H3/b8-7+. The molecule has 0 spiro atoms. The second kappa shape index (κ2) is 9.55. The summed E-state index contributed by atoms with van der Waals surface area (Å²) in [5, 5.41) is 9.37. The van der Waals surface area contributed by atoms with Gasteiger partial charge in [0.1, 0.15) is 0 Å². The van der Waals surface area contributed by atoms with Gasteiger partial charge in [0, 0.05) is 7.11 Å². The summed E-state index contributed by atoms with van der Waals surface area (Å²) in [7, 11) is 1.56. The first kappa shape index (κ1) is 12.5. The first-order chi connectivity index (χ1) is 6.31. The van der Waals surface area contributed by atoms with E-state index in [1.54, 1.807) is 13.2 Å². The van der Waals surface area contributed by atoms with Crippen LogP contribution in [0.2, 0.25) is 0 Å². The number of unbranched alkanes of at least 4 members (excludes halogenated alkanes) is 2. The van der Waals surface area contributed by atoms with Crippen LogP contribution in [0, 0.1) is 0 Å². The fourth-order valence-electron chi connectivity index (χ4n) is 0.953. The molecule has 3 heteroatoms. The largest absolute Gasteiger partial charge is 0.475 e. The van der Waals surface area contributed by atoms with Crippen molar-refractivity contribution in [2.24, 2.45) is 0 Å². The fourth-order valence-corrected chi connectivity index (χ4v) is 0.953. The first-order valence-electron chi connectivity index (χ1n) is 4.76. The van der Waals surface area contributed by atoms with Crippen LogP contribution in [0.25, 0.3) is 0 Å². The van der Waals surface area contributed by atoms with Crippen molar-refractivity contribution < 1.29 is 14.6 Å². The summed E-state index contributed by atoms with van der Waals surface area (Å²) in [5.41, 5.74) is 0. The quantitative estimate of drug-likeness (QED) is 0.360. The maximum absolute atomic E-state index is 9.37. The normalized spacial score (nSPS) is 13.5. The molecule has 1 atom stereocenters. The van der Waals surface area contributed by atoms with E-state index < -0.39 is 0 Å². The number of hydrogen-bond donors (Lipinski definition) is 1. The SMILES string of the molecule is CCCCCC(O)/C=C/OCOC. The molecule has 0 amide bonds. The molecule has 0 saturated carbocycles. The van der Waals surface area contributed by atoms with Crippen molar-refractivity contribution in [2.75, 3.05) is 13.9 Å². The highest BCUT2D eigenvalue weighted by atomic mass is 16.7. The Morgan fingerprint density at radius 1 is 1.38 bits per heavy atom. The molecular weight excluding hydrogens is 168 g/mol. The molecule has 0 aliphatic carbocycles. The summed E-state index contributed by atoms with van der Waals surface area (Å²) in [4.78, 5) is 0. The third-order valence-electron chi connectivity index (χ3n) is 1.69. The van der Waals surface area contributed by atoms with Crippen LogP contribution >= 0.6 is 0 Å². The highest BCUT2D eigenvalue weighted by Crippen LogP contribution is 2.03. The lowest BCUT2D eigenvalue weighted by Crippen LogP contribution is -2.02. The molecule has 0 heterocycles. The van der Waals surface area contributed by atoms with Crippen LogP contribution in [0.4, 0.5) is 0 Å². The van der Waals surface area contributed by atoms with Crippen LogP contribution in [0.15, 0.2) is 12.3 Å². The molecule has 0 radical (unpaired) electrons. The number of rotatable bonds is 8. The average molecular weight is 188 g/mol. The van der Waals surface area contributed by atoms with Crippen LogP contribution in [-0.4, -0.2) is 25.1 Å². The van der Waals surface area contributed by atoms with E-state index in [1.165, 1.54) is 19.1 Å². The lowest BCUT2D eigenvalue weighted by molar-refractivity contribution is 0.0186. The van der Waals surface area contributed by atoms with Crippen molar-refractivity contribution in [1.82, 2.24) is 0 Å². The zero-order chi connectivity index (χ0) is 9.94. The Balaban J connectivity index is 3.27. The first-order valence-corrected chi connectivity index (χ1v) is 4.76. The molecule has 0 aliphatic heterocycles. The van der Waals surface area contributed by atoms with E-state index in [4.69, 9.17) is 4.74 Å². The molecule has 1 unspecified atom stereocenters. The average Bonchev–Trinajstić information content (AvgIpc) is 2.13. The molecule has 0 aromatic carbocycles. The predicted molar refractivity (Wildman–Crippen MR) is 52.2 cm³/mol. The van der Waals surface area contributed by atoms with Gasteiger partial charge in [-0.05, 0) is 12.5 Å². The van der Waals surface area contributed by atoms with Crippen LogP contribution in [0.5, 0.6) is 0 Å². The summed E-state index contributed by atoms with van der Waals surface area (Å²) in [6.45, 7) is 2.38. The Morgan fingerprint density at radius 3 is 2.77 bits per heavy atom. The minimum Gasteiger partial charge on any atom is -0.475 e. The van der Waals surface area contributed by atoms with Gasteiger partial charge >= 0.3 is 0 Å². The van der Waals surface area contributed by atoms with Gasteiger partial charge in [0.05, 0.1) is 12.4 Å². The lowest BCUT2D eigenvalue weighted by atomic mass is 10.1. The van der Waals surface area contributed by atoms with E-state index in [2.05, 4.69) is 11.7 Å². The second-order valence-corrected chi connectivity index (χ2v) is 2.96. The molecule has 0 rings (SSSR count). The number of hydrogen-bond acceptors (Lipinski definition) is 3. The lowest BCUT2D eigenvalue weighted by Gasteiger charge is -2.04. The monoisotopic (exact) mass is 188 g/mol. The Morgan fingerprint density at radius 2 is 2.15 bits per heavy atom. The van der Waals surface area contributed by atoms with Crippen molar-refractivity contribution in [2.45, 2.75) is 38.7 Å². The molecule has 0 aromatic heterocycles. The van der Waals surface area contributed by atoms with Gasteiger partial charge in [-0.3, -0.25) is 0 Å². The molecule has 0 aliphatic rings. The van der Waals surface area contributed by atoms with Crippen molar-refractivity contribution >= 4 is 0 Å². The third-order valence-corrected chi connectivity index (χ3v) is 1.69. The molecule has 0 aromatic rings. The fraction of sp³-hybridized carbons (Fsp3) is 0.800. The maximum Gasteiger partial charge on any atom is 0.187 e. The van der Waals surface area contributed by atoms with E-state index in [0.29, 0.717) is 0 Å². The smallest absolute Gasteiger partial charge is 0.187 e. The summed E-state index contributed by atoms with van der Waals surface area (Å²) in [6.07, 6.45) is 6.96. The second-order valence-electron chi connectivity index (χ2n) is 2.96. The molecular formula is C10H20O3. The Labute approximate surface area is 80.4 Å². The van der Waals surface area contributed by atoms with Gasteiger partial charge in [0.2, 0.25) is 0 Å². The number of aliphatic hydroxyl groups excluding tert-OH is 1. The minimum absolute atomic E-state index is 0.234. The maximum atomic E-state index is 9.37. The molecule has 13 heavy (non-hydrogen) atoms. The minimum atomic E-state index is -0.386. The van der Waals surface area contributed by atoms with Crippen molar-refractivity contribution in [1.29, 1.82) is 0 Å². The highest BCUT2D eigenvalue weighted by Gasteiger charge is 1.97. The Bertz CT molecular complexity index is 123.